The first-order chi connectivity index (χ1) is 15.7. The van der Waals surface area contributed by atoms with Crippen LogP contribution in [-0.4, -0.2) is 58.3 Å². The molecule has 2 rings (SSSR count). The number of nitriles is 1. The molecule has 10 nitrogen and oxygen atoms in total. The van der Waals surface area contributed by atoms with Gasteiger partial charge in [-0.1, -0.05) is 5.92 Å². The second-order valence-corrected chi connectivity index (χ2v) is 9.69. The van der Waals surface area contributed by atoms with Crippen LogP contribution in [0.25, 0.3) is 0 Å². The average Bonchev–Trinajstić information content (AvgIpc) is 3.15. The van der Waals surface area contributed by atoms with E-state index in [2.05, 4.69) is 49.3 Å². The number of hydrogen-bond acceptors (Lipinski definition) is 8. The van der Waals surface area contributed by atoms with Gasteiger partial charge in [0.1, 0.15) is 18.9 Å². The molecule has 0 amide bonds. The number of rotatable bonds is 12. The molecule has 1 fully saturated rings. The molecule has 11 heteroatoms. The van der Waals surface area contributed by atoms with Gasteiger partial charge in [0, 0.05) is 30.3 Å². The Morgan fingerprint density at radius 2 is 2.03 bits per heavy atom. The minimum atomic E-state index is -1.46. The van der Waals surface area contributed by atoms with E-state index in [-0.39, 0.29) is 38.3 Å². The number of ether oxygens (including phenoxy) is 2. The van der Waals surface area contributed by atoms with Crippen molar-refractivity contribution in [3.63, 3.8) is 0 Å². The molecular formula is C22H33N4O6P. The molecule has 0 aromatic carbocycles. The number of aromatic nitrogens is 2. The van der Waals surface area contributed by atoms with E-state index in [9.17, 15) is 9.59 Å². The molecule has 2 heterocycles. The molecule has 4 atom stereocenters. The summed E-state index contributed by atoms with van der Waals surface area (Å²) in [5, 5.41) is 8.87. The highest BCUT2D eigenvalue weighted by atomic mass is 31.2. The van der Waals surface area contributed by atoms with Crippen molar-refractivity contribution in [3.8, 4) is 18.4 Å². The summed E-state index contributed by atoms with van der Waals surface area (Å²) in [6.45, 7) is 10.3. The van der Waals surface area contributed by atoms with Crippen molar-refractivity contribution in [1.82, 2.24) is 14.2 Å². The molecule has 0 saturated carbocycles. The van der Waals surface area contributed by atoms with E-state index in [1.165, 1.54) is 10.8 Å². The number of aromatic amines is 1. The zero-order chi connectivity index (χ0) is 24.5. The van der Waals surface area contributed by atoms with Gasteiger partial charge in [-0.2, -0.15) is 5.26 Å². The molecule has 1 saturated heterocycles. The van der Waals surface area contributed by atoms with Gasteiger partial charge in [-0.05, 0) is 34.6 Å². The number of aryl methyl sites for hydroxylation is 1. The first-order valence-corrected chi connectivity index (χ1v) is 12.1. The summed E-state index contributed by atoms with van der Waals surface area (Å²) in [7, 11) is -1.46. The van der Waals surface area contributed by atoms with Crippen LogP contribution in [0.3, 0.4) is 0 Å². The van der Waals surface area contributed by atoms with Gasteiger partial charge < -0.3 is 18.5 Å². The van der Waals surface area contributed by atoms with Gasteiger partial charge in [0.05, 0.1) is 31.8 Å². The Labute approximate surface area is 195 Å². The molecular weight excluding hydrogens is 447 g/mol. The minimum Gasteiger partial charge on any atom is -0.363 e. The molecule has 33 heavy (non-hydrogen) atoms. The summed E-state index contributed by atoms with van der Waals surface area (Å²) in [4.78, 5) is 26.3. The van der Waals surface area contributed by atoms with E-state index in [4.69, 9.17) is 30.2 Å². The lowest BCUT2D eigenvalue weighted by molar-refractivity contribution is -0.0550. The Morgan fingerprint density at radius 1 is 1.33 bits per heavy atom. The van der Waals surface area contributed by atoms with Crippen molar-refractivity contribution in [3.05, 3.63) is 32.6 Å². The van der Waals surface area contributed by atoms with Crippen LogP contribution in [0.5, 0.6) is 0 Å². The highest BCUT2D eigenvalue weighted by Gasteiger charge is 2.39. The summed E-state index contributed by atoms with van der Waals surface area (Å²) in [6, 6.07) is 2.39. The summed E-state index contributed by atoms with van der Waals surface area (Å²) in [5.41, 5.74) is -0.587. The Morgan fingerprint density at radius 3 is 2.64 bits per heavy atom. The maximum Gasteiger partial charge on any atom is 0.330 e. The normalized spacial score (nSPS) is 21.5. The van der Waals surface area contributed by atoms with Crippen LogP contribution < -0.4 is 11.2 Å². The molecule has 0 bridgehead atoms. The average molecular weight is 481 g/mol. The fourth-order valence-electron chi connectivity index (χ4n) is 3.60. The lowest BCUT2D eigenvalue weighted by Crippen LogP contribution is -2.35. The maximum atomic E-state index is 12.3. The van der Waals surface area contributed by atoms with Crippen molar-refractivity contribution in [2.45, 2.75) is 78.0 Å². The van der Waals surface area contributed by atoms with E-state index >= 15 is 0 Å². The number of terminal acetylenes is 1. The third kappa shape index (κ3) is 7.48. The standard InChI is InChI=1S/C22H33N4O6P/c1-7-10-29-18-12-20(25-13-17(6)21(27)24-22(25)28)32-19(18)14-31-33(30-11-8-9-23)26(15(2)3)16(4)5/h1,13,15-16,18-20H,8,10-12,14H2,2-6H3,(H,24,27,28)/t18-,19-,20-,33?/m1/s1. The molecule has 1 aliphatic rings. The third-order valence-electron chi connectivity index (χ3n) is 5.03. The second-order valence-electron chi connectivity index (χ2n) is 8.24. The van der Waals surface area contributed by atoms with E-state index in [1.54, 1.807) is 6.92 Å². The first kappa shape index (κ1) is 27.2. The fourth-order valence-corrected chi connectivity index (χ4v) is 5.22. The van der Waals surface area contributed by atoms with Crippen LogP contribution in [0.1, 0.15) is 52.3 Å². The van der Waals surface area contributed by atoms with Crippen molar-refractivity contribution in [2.75, 3.05) is 19.8 Å². The minimum absolute atomic E-state index is 0.0916. The van der Waals surface area contributed by atoms with Crippen LogP contribution in [0.4, 0.5) is 0 Å². The number of nitrogens with one attached hydrogen (secondary N) is 1. The molecule has 0 aliphatic carbocycles. The molecule has 1 aliphatic heterocycles. The van der Waals surface area contributed by atoms with Crippen LogP contribution in [0.15, 0.2) is 15.8 Å². The number of nitrogens with zero attached hydrogens (tertiary/aromatic N) is 3. The topological polar surface area (TPSA) is 119 Å². The monoisotopic (exact) mass is 480 g/mol. The number of H-pyrrole nitrogens is 1. The summed E-state index contributed by atoms with van der Waals surface area (Å²) >= 11 is 0. The molecule has 1 aromatic rings. The Balaban J connectivity index is 2.19. The van der Waals surface area contributed by atoms with Crippen LogP contribution in [0.2, 0.25) is 0 Å². The zero-order valence-electron chi connectivity index (χ0n) is 19.8. The van der Waals surface area contributed by atoms with Gasteiger partial charge in [0.25, 0.3) is 14.1 Å². The molecule has 182 valence electrons. The molecule has 0 radical (unpaired) electrons. The first-order valence-electron chi connectivity index (χ1n) is 10.9. The van der Waals surface area contributed by atoms with Gasteiger partial charge in [0.2, 0.25) is 0 Å². The van der Waals surface area contributed by atoms with E-state index in [0.717, 1.165) is 0 Å². The lowest BCUT2D eigenvalue weighted by Gasteiger charge is -2.36. The molecule has 1 aromatic heterocycles. The van der Waals surface area contributed by atoms with Crippen molar-refractivity contribution >= 4 is 8.53 Å². The highest BCUT2D eigenvalue weighted by molar-refractivity contribution is 7.44. The predicted molar refractivity (Wildman–Crippen MR) is 124 cm³/mol. The van der Waals surface area contributed by atoms with Gasteiger partial charge in [0.15, 0.2) is 0 Å². The van der Waals surface area contributed by atoms with Crippen LogP contribution >= 0.6 is 8.53 Å². The number of hydrogen-bond donors (Lipinski definition) is 1. The van der Waals surface area contributed by atoms with Crippen molar-refractivity contribution in [2.24, 2.45) is 0 Å². The van der Waals surface area contributed by atoms with Gasteiger partial charge in [-0.3, -0.25) is 14.3 Å². The molecule has 0 spiro atoms. The Kier molecular flexibility index (Phi) is 10.7. The van der Waals surface area contributed by atoms with E-state index < -0.39 is 38.2 Å². The Bertz CT molecular complexity index is 955. The summed E-state index contributed by atoms with van der Waals surface area (Å²) in [5.74, 6) is 2.45. The van der Waals surface area contributed by atoms with E-state index in [1.807, 2.05) is 0 Å². The Hall–Kier alpha value is -2.04. The van der Waals surface area contributed by atoms with Crippen molar-refractivity contribution < 1.29 is 18.5 Å². The second kappa shape index (κ2) is 13.0. The summed E-state index contributed by atoms with van der Waals surface area (Å²) < 4.78 is 27.5. The third-order valence-corrected chi connectivity index (χ3v) is 7.10. The predicted octanol–water partition coefficient (Wildman–Crippen LogP) is 2.44. The SMILES string of the molecule is C#CCO[C@@H]1C[C@H](n2cc(C)c(=O)[nH]c2=O)O[C@@H]1COP(OCCC#N)N(C(C)C)C(C)C. The van der Waals surface area contributed by atoms with E-state index in [0.29, 0.717) is 12.0 Å². The zero-order valence-corrected chi connectivity index (χ0v) is 20.7. The van der Waals surface area contributed by atoms with Crippen molar-refractivity contribution in [1.29, 1.82) is 5.26 Å². The maximum absolute atomic E-state index is 12.3. The van der Waals surface area contributed by atoms with Gasteiger partial charge in [-0.25, -0.2) is 9.46 Å². The molecule has 1 unspecified atom stereocenters. The fraction of sp³-hybridized carbons (Fsp3) is 0.682. The van der Waals surface area contributed by atoms with Gasteiger partial charge >= 0.3 is 5.69 Å². The van der Waals surface area contributed by atoms with Gasteiger partial charge in [-0.15, -0.1) is 6.42 Å². The molecule has 1 N–H and O–H groups in total. The lowest BCUT2D eigenvalue weighted by atomic mass is 10.2. The van der Waals surface area contributed by atoms with Crippen LogP contribution in [0, 0.1) is 30.6 Å². The smallest absolute Gasteiger partial charge is 0.330 e. The largest absolute Gasteiger partial charge is 0.363 e. The summed E-state index contributed by atoms with van der Waals surface area (Å²) in [6.07, 6.45) is 5.91. The van der Waals surface area contributed by atoms with Crippen LogP contribution in [-0.2, 0) is 18.5 Å². The quantitative estimate of drug-likeness (QED) is 0.275. The highest BCUT2D eigenvalue weighted by Crippen LogP contribution is 2.47.